The maximum absolute atomic E-state index is 11.9. The van der Waals surface area contributed by atoms with Gasteiger partial charge in [-0.05, 0) is 31.9 Å². The number of hydrogen-bond donors (Lipinski definition) is 1. The Morgan fingerprint density at radius 3 is 2.71 bits per heavy atom. The highest BCUT2D eigenvalue weighted by atomic mass is 32.1. The summed E-state index contributed by atoms with van der Waals surface area (Å²) in [7, 11) is 0. The average molecular weight is 308 g/mol. The second-order valence-corrected chi connectivity index (χ2v) is 5.65. The molecule has 2 rings (SSSR count). The number of ether oxygens (including phenoxy) is 1. The van der Waals surface area contributed by atoms with E-state index in [0.717, 1.165) is 16.9 Å². The van der Waals surface area contributed by atoms with Crippen molar-refractivity contribution in [1.82, 2.24) is 5.16 Å². The van der Waals surface area contributed by atoms with Gasteiger partial charge in [0.1, 0.15) is 10.6 Å². The van der Waals surface area contributed by atoms with Crippen molar-refractivity contribution in [3.8, 4) is 0 Å². The first kappa shape index (κ1) is 15.2. The molecule has 0 aliphatic heterocycles. The van der Waals surface area contributed by atoms with Gasteiger partial charge in [-0.2, -0.15) is 0 Å². The van der Waals surface area contributed by atoms with Gasteiger partial charge in [-0.25, -0.2) is 4.79 Å². The van der Waals surface area contributed by atoms with Gasteiger partial charge in [0.25, 0.3) is 5.91 Å². The lowest BCUT2D eigenvalue weighted by Gasteiger charge is -2.02. The number of carbonyl (C=O) groups excluding carboxylic acids is 2. The lowest BCUT2D eigenvalue weighted by Crippen LogP contribution is -2.20. The first-order chi connectivity index (χ1) is 9.99. The van der Waals surface area contributed by atoms with Crippen LogP contribution in [-0.2, 0) is 16.0 Å². The van der Waals surface area contributed by atoms with E-state index in [0.29, 0.717) is 16.5 Å². The van der Waals surface area contributed by atoms with E-state index in [1.165, 1.54) is 11.3 Å². The van der Waals surface area contributed by atoms with Gasteiger partial charge in [-0.3, -0.25) is 4.79 Å². The zero-order chi connectivity index (χ0) is 15.4. The SMILES string of the molecule is CCc1sc(C(=O)OCC(=O)Nc2cc(C)on2)cc1C. The van der Waals surface area contributed by atoms with E-state index in [-0.39, 0.29) is 6.61 Å². The molecule has 1 amide bonds. The normalized spacial score (nSPS) is 10.4. The fourth-order valence-corrected chi connectivity index (χ4v) is 2.79. The Labute approximate surface area is 126 Å². The van der Waals surface area contributed by atoms with Crippen LogP contribution in [0, 0.1) is 13.8 Å². The molecule has 6 nitrogen and oxygen atoms in total. The molecular formula is C14H16N2O4S. The molecule has 2 aromatic heterocycles. The van der Waals surface area contributed by atoms with E-state index in [2.05, 4.69) is 10.5 Å². The van der Waals surface area contributed by atoms with E-state index < -0.39 is 11.9 Å². The average Bonchev–Trinajstić information content (AvgIpc) is 3.02. The summed E-state index contributed by atoms with van der Waals surface area (Å²) in [4.78, 5) is 25.1. The van der Waals surface area contributed by atoms with Crippen LogP contribution in [0.15, 0.2) is 16.7 Å². The van der Waals surface area contributed by atoms with Gasteiger partial charge in [0, 0.05) is 10.9 Å². The van der Waals surface area contributed by atoms with Crippen molar-refractivity contribution in [3.63, 3.8) is 0 Å². The van der Waals surface area contributed by atoms with Crippen molar-refractivity contribution in [2.24, 2.45) is 0 Å². The van der Waals surface area contributed by atoms with Crippen molar-refractivity contribution in [3.05, 3.63) is 33.2 Å². The molecule has 0 saturated heterocycles. The van der Waals surface area contributed by atoms with Crippen LogP contribution in [0.3, 0.4) is 0 Å². The molecule has 21 heavy (non-hydrogen) atoms. The third kappa shape index (κ3) is 3.91. The summed E-state index contributed by atoms with van der Waals surface area (Å²) >= 11 is 1.39. The van der Waals surface area contributed by atoms with Gasteiger partial charge in [-0.15, -0.1) is 11.3 Å². The monoisotopic (exact) mass is 308 g/mol. The van der Waals surface area contributed by atoms with Gasteiger partial charge in [-0.1, -0.05) is 12.1 Å². The number of thiophene rings is 1. The Morgan fingerprint density at radius 1 is 1.38 bits per heavy atom. The van der Waals surface area contributed by atoms with Crippen LogP contribution in [0.25, 0.3) is 0 Å². The summed E-state index contributed by atoms with van der Waals surface area (Å²) in [6, 6.07) is 3.36. The smallest absolute Gasteiger partial charge is 0.348 e. The number of aromatic nitrogens is 1. The molecule has 2 heterocycles. The molecule has 0 atom stereocenters. The predicted octanol–water partition coefficient (Wildman–Crippen LogP) is 2.71. The Kier molecular flexibility index (Phi) is 4.74. The number of amides is 1. The van der Waals surface area contributed by atoms with E-state index in [1.807, 2.05) is 13.8 Å². The molecule has 0 radical (unpaired) electrons. The van der Waals surface area contributed by atoms with Crippen molar-refractivity contribution in [2.45, 2.75) is 27.2 Å². The summed E-state index contributed by atoms with van der Waals surface area (Å²) in [5.74, 6) is -0.0628. The first-order valence-corrected chi connectivity index (χ1v) is 7.31. The van der Waals surface area contributed by atoms with Crippen LogP contribution in [-0.4, -0.2) is 23.6 Å². The fourth-order valence-electron chi connectivity index (χ4n) is 1.78. The third-order valence-corrected chi connectivity index (χ3v) is 4.13. The van der Waals surface area contributed by atoms with Gasteiger partial charge in [0.15, 0.2) is 12.4 Å². The highest BCUT2D eigenvalue weighted by Crippen LogP contribution is 2.23. The van der Waals surface area contributed by atoms with Crippen molar-refractivity contribution in [2.75, 3.05) is 11.9 Å². The second kappa shape index (κ2) is 6.53. The number of rotatable bonds is 5. The standard InChI is InChI=1S/C14H16N2O4S/c1-4-10-8(2)5-11(21-10)14(18)19-7-13(17)15-12-6-9(3)20-16-12/h5-6H,4,7H2,1-3H3,(H,15,16,17). The van der Waals surface area contributed by atoms with Gasteiger partial charge < -0.3 is 14.6 Å². The number of hydrogen-bond acceptors (Lipinski definition) is 6. The quantitative estimate of drug-likeness (QED) is 0.859. The van der Waals surface area contributed by atoms with Crippen LogP contribution >= 0.6 is 11.3 Å². The number of nitrogens with zero attached hydrogens (tertiary/aromatic N) is 1. The predicted molar refractivity (Wildman–Crippen MR) is 78.6 cm³/mol. The molecule has 112 valence electrons. The summed E-state index contributed by atoms with van der Waals surface area (Å²) in [6.45, 7) is 5.34. The Bertz CT molecular complexity index is 660. The molecule has 1 N–H and O–H groups in total. The largest absolute Gasteiger partial charge is 0.451 e. The molecule has 7 heteroatoms. The molecule has 0 saturated carbocycles. The van der Waals surface area contributed by atoms with Gasteiger partial charge in [0.2, 0.25) is 0 Å². The van der Waals surface area contributed by atoms with Crippen LogP contribution < -0.4 is 5.32 Å². The lowest BCUT2D eigenvalue weighted by molar-refractivity contribution is -0.119. The van der Waals surface area contributed by atoms with Crippen LogP contribution in [0.5, 0.6) is 0 Å². The summed E-state index contributed by atoms with van der Waals surface area (Å²) in [6.07, 6.45) is 0.871. The highest BCUT2D eigenvalue weighted by molar-refractivity contribution is 7.14. The molecule has 0 aliphatic carbocycles. The maximum atomic E-state index is 11.9. The maximum Gasteiger partial charge on any atom is 0.348 e. The number of esters is 1. The summed E-state index contributed by atoms with van der Waals surface area (Å²) in [5.41, 5.74) is 1.07. The fraction of sp³-hybridized carbons (Fsp3) is 0.357. The molecule has 0 aromatic carbocycles. The minimum Gasteiger partial charge on any atom is -0.451 e. The summed E-state index contributed by atoms with van der Waals surface area (Å²) in [5, 5.41) is 6.10. The molecular weight excluding hydrogens is 292 g/mol. The van der Waals surface area contributed by atoms with Crippen molar-refractivity contribution < 1.29 is 18.8 Å². The van der Waals surface area contributed by atoms with Crippen molar-refractivity contribution in [1.29, 1.82) is 0 Å². The Balaban J connectivity index is 1.86. The number of nitrogens with one attached hydrogen (secondary N) is 1. The van der Waals surface area contributed by atoms with Gasteiger partial charge >= 0.3 is 5.97 Å². The zero-order valence-electron chi connectivity index (χ0n) is 12.1. The number of carbonyl (C=O) groups is 2. The van der Waals surface area contributed by atoms with Crippen molar-refractivity contribution >= 4 is 29.0 Å². The van der Waals surface area contributed by atoms with Gasteiger partial charge in [0.05, 0.1) is 0 Å². The first-order valence-electron chi connectivity index (χ1n) is 6.49. The topological polar surface area (TPSA) is 81.4 Å². The number of anilines is 1. The molecule has 0 aliphatic rings. The van der Waals surface area contributed by atoms with E-state index >= 15 is 0 Å². The zero-order valence-corrected chi connectivity index (χ0v) is 12.9. The second-order valence-electron chi connectivity index (χ2n) is 4.52. The molecule has 0 bridgehead atoms. The lowest BCUT2D eigenvalue weighted by atomic mass is 10.2. The Hall–Kier alpha value is -2.15. The van der Waals surface area contributed by atoms with E-state index in [1.54, 1.807) is 19.1 Å². The molecule has 0 unspecified atom stereocenters. The van der Waals surface area contributed by atoms with Crippen LogP contribution in [0.2, 0.25) is 0 Å². The number of aryl methyl sites for hydroxylation is 3. The van der Waals surface area contributed by atoms with E-state index in [9.17, 15) is 9.59 Å². The minimum atomic E-state index is -0.491. The highest BCUT2D eigenvalue weighted by Gasteiger charge is 2.15. The molecule has 0 fully saturated rings. The summed E-state index contributed by atoms with van der Waals surface area (Å²) < 4.78 is 9.80. The molecule has 2 aromatic rings. The Morgan fingerprint density at radius 2 is 2.14 bits per heavy atom. The third-order valence-electron chi connectivity index (χ3n) is 2.77. The van der Waals surface area contributed by atoms with Crippen LogP contribution in [0.1, 0.15) is 32.8 Å². The molecule has 0 spiro atoms. The van der Waals surface area contributed by atoms with Crippen LogP contribution in [0.4, 0.5) is 5.82 Å². The van der Waals surface area contributed by atoms with E-state index in [4.69, 9.17) is 9.26 Å². The minimum absolute atomic E-state index is 0.300.